The summed E-state index contributed by atoms with van der Waals surface area (Å²) >= 11 is 0. The van der Waals surface area contributed by atoms with Gasteiger partial charge in [-0.2, -0.15) is 0 Å². The Balaban J connectivity index is 5.52. The van der Waals surface area contributed by atoms with Gasteiger partial charge in [-0.3, -0.25) is 14.4 Å². The molecule has 0 aromatic rings. The van der Waals surface area contributed by atoms with Gasteiger partial charge < -0.3 is 35.3 Å². The number of aliphatic hydroxyl groups excluding tert-OH is 1. The van der Waals surface area contributed by atoms with Gasteiger partial charge in [0.15, 0.2) is 0 Å². The van der Waals surface area contributed by atoms with E-state index < -0.39 is 44.9 Å². The summed E-state index contributed by atoms with van der Waals surface area (Å²) < 4.78 is 28.0. The highest BCUT2D eigenvalue weighted by Crippen LogP contribution is 2.18. The first kappa shape index (κ1) is 66.5. The van der Waals surface area contributed by atoms with Gasteiger partial charge in [0.25, 0.3) is 0 Å². The molecule has 0 aromatic carbocycles. The van der Waals surface area contributed by atoms with Crippen LogP contribution in [0.25, 0.3) is 0 Å². The van der Waals surface area contributed by atoms with Crippen LogP contribution in [0.4, 0.5) is 0 Å². The van der Waals surface area contributed by atoms with E-state index in [-0.39, 0.29) is 44.4 Å². The van der Waals surface area contributed by atoms with E-state index >= 15 is 0 Å². The number of esters is 2. The number of carbonyl (C=O) groups is 5. The van der Waals surface area contributed by atoms with E-state index in [0.717, 1.165) is 96.3 Å². The van der Waals surface area contributed by atoms with Gasteiger partial charge in [-0.1, -0.05) is 188 Å². The first-order valence-corrected chi connectivity index (χ1v) is 29.3. The molecule has 2 amide bonds. The first-order valence-electron chi connectivity index (χ1n) is 28.5. The predicted molar refractivity (Wildman–Crippen MR) is 282 cm³/mol. The van der Waals surface area contributed by atoms with E-state index in [1.165, 1.54) is 109 Å². The lowest BCUT2D eigenvalue weighted by Gasteiger charge is -2.23. The number of aliphatic hydroxyl groups is 1. The molecule has 0 saturated heterocycles. The lowest BCUT2D eigenvalue weighted by atomic mass is 10.0. The molecule has 0 aliphatic heterocycles. The molecular weight excluding hydrogens is 894 g/mol. The zero-order chi connectivity index (χ0) is 50.7. The Kier molecular flexibility index (Phi) is 50.0. The van der Waals surface area contributed by atoms with E-state index in [1.807, 2.05) is 0 Å². The van der Waals surface area contributed by atoms with Gasteiger partial charge in [-0.05, 0) is 69.0 Å². The molecule has 69 heavy (non-hydrogen) atoms. The van der Waals surface area contributed by atoms with E-state index in [1.54, 1.807) is 0 Å². The van der Waals surface area contributed by atoms with Crippen molar-refractivity contribution in [3.8, 4) is 0 Å². The summed E-state index contributed by atoms with van der Waals surface area (Å²) in [5.41, 5.74) is 0. The quantitative estimate of drug-likeness (QED) is 0.0197. The summed E-state index contributed by atoms with van der Waals surface area (Å²) in [6.07, 6.45) is 36.5. The Labute approximate surface area is 422 Å². The van der Waals surface area contributed by atoms with Crippen LogP contribution in [-0.2, 0) is 42.5 Å². The number of unbranched alkanes of at least 4 members (excludes halogenated alkanes) is 27. The van der Waals surface area contributed by atoms with Crippen LogP contribution in [0.15, 0.2) is 0 Å². The van der Waals surface area contributed by atoms with Crippen molar-refractivity contribution in [2.24, 2.45) is 0 Å². The van der Waals surface area contributed by atoms with Gasteiger partial charge in [0.1, 0.15) is 31.6 Å². The summed E-state index contributed by atoms with van der Waals surface area (Å²) in [4.78, 5) is 64.1. The SMILES string of the molecule is CCCCCCCCCCCC(=O)O[C@H](CCCCCCCCCCC)CC(=O)NC(CCO[PH+]=O)C(=O)OCC(CCCNCCCCCC=O)NC(=O)C[C@H](O)CCCCCCCCCCC. The van der Waals surface area contributed by atoms with Crippen molar-refractivity contribution in [3.05, 3.63) is 0 Å². The third-order valence-corrected chi connectivity index (χ3v) is 13.3. The molecule has 3 unspecified atom stereocenters. The maximum absolute atomic E-state index is 13.7. The molecule has 0 heterocycles. The van der Waals surface area contributed by atoms with Crippen molar-refractivity contribution < 1.29 is 47.6 Å². The number of rotatable bonds is 54. The Morgan fingerprint density at radius 3 is 1.59 bits per heavy atom. The topological polar surface area (TPSA) is 186 Å². The molecule has 5 atom stereocenters. The molecule has 0 saturated carbocycles. The van der Waals surface area contributed by atoms with Crippen molar-refractivity contribution >= 4 is 38.7 Å². The second-order valence-electron chi connectivity index (χ2n) is 19.6. The third kappa shape index (κ3) is 46.4. The zero-order valence-corrected chi connectivity index (χ0v) is 45.4. The van der Waals surface area contributed by atoms with Crippen molar-refractivity contribution in [2.75, 3.05) is 26.3 Å². The first-order chi connectivity index (χ1) is 33.7. The van der Waals surface area contributed by atoms with Gasteiger partial charge in [0, 0.05) is 19.3 Å². The van der Waals surface area contributed by atoms with Crippen molar-refractivity contribution in [2.45, 2.75) is 295 Å². The molecule has 0 radical (unpaired) electrons. The number of aldehydes is 1. The molecule has 0 fully saturated rings. The Bertz CT molecular complexity index is 1230. The van der Waals surface area contributed by atoms with E-state index in [0.29, 0.717) is 45.1 Å². The van der Waals surface area contributed by atoms with Crippen LogP contribution in [0.2, 0.25) is 0 Å². The minimum atomic E-state index is -1.12. The number of hydrogen-bond acceptors (Lipinski definition) is 11. The number of hydrogen-bond donors (Lipinski definition) is 4. The summed E-state index contributed by atoms with van der Waals surface area (Å²) in [5, 5.41) is 19.9. The highest BCUT2D eigenvalue weighted by Gasteiger charge is 2.27. The van der Waals surface area contributed by atoms with Crippen LogP contribution in [0.3, 0.4) is 0 Å². The molecule has 0 aliphatic rings. The Morgan fingerprint density at radius 2 is 1.04 bits per heavy atom. The summed E-state index contributed by atoms with van der Waals surface area (Å²) in [5.74, 6) is -1.79. The van der Waals surface area contributed by atoms with Crippen LogP contribution in [0.5, 0.6) is 0 Å². The highest BCUT2D eigenvalue weighted by atomic mass is 31.1. The molecule has 0 spiro atoms. The lowest BCUT2D eigenvalue weighted by molar-refractivity contribution is -0.153. The molecule has 0 aliphatic carbocycles. The van der Waals surface area contributed by atoms with Crippen molar-refractivity contribution in [1.82, 2.24) is 16.0 Å². The predicted octanol–water partition coefficient (Wildman–Crippen LogP) is 12.8. The normalized spacial score (nSPS) is 13.2. The van der Waals surface area contributed by atoms with Crippen LogP contribution >= 0.6 is 8.69 Å². The molecule has 4 N–H and O–H groups in total. The molecular formula is C55H105N3O10P+. The average Bonchev–Trinajstić information content (AvgIpc) is 3.33. The fourth-order valence-corrected chi connectivity index (χ4v) is 8.87. The molecule has 14 heteroatoms. The number of nitrogens with one attached hydrogen (secondary N) is 3. The van der Waals surface area contributed by atoms with E-state index in [2.05, 4.69) is 36.7 Å². The lowest BCUT2D eigenvalue weighted by Crippen LogP contribution is -2.46. The van der Waals surface area contributed by atoms with Crippen LogP contribution in [0, 0.1) is 0 Å². The van der Waals surface area contributed by atoms with Gasteiger partial charge >= 0.3 is 20.6 Å². The van der Waals surface area contributed by atoms with Crippen LogP contribution in [-0.4, -0.2) is 85.7 Å². The number of ether oxygens (including phenoxy) is 2. The van der Waals surface area contributed by atoms with E-state index in [4.69, 9.17) is 14.0 Å². The fraction of sp³-hybridized carbons (Fsp3) is 0.909. The average molecular weight is 999 g/mol. The Hall–Kier alpha value is -2.47. The standard InChI is InChI=1S/C55H104N3O10P/c1-4-7-10-13-16-19-22-25-30-37-49(60)45-52(61)57-48(36-35-42-56-41-33-28-29-34-43-59)47-66-55(64)51(40-44-67-69-65)58-53(62)46-50(38-31-26-23-20-17-14-11-8-5-2)68-54(63)39-32-27-24-21-18-15-12-9-6-3/h43,48-51,56,60,69H,4-42,44-47H2,1-3H3,(H-,57,58,61,62)/p+1/t48?,49-,50-,51?/m1/s1. The molecule has 0 aromatic heterocycles. The minimum absolute atomic E-state index is 0.0139. The smallest absolute Gasteiger partial charge is 0.462 e. The largest absolute Gasteiger partial charge is 0.494 e. The third-order valence-electron chi connectivity index (χ3n) is 12.9. The van der Waals surface area contributed by atoms with E-state index in [9.17, 15) is 33.6 Å². The van der Waals surface area contributed by atoms with Crippen LogP contribution in [0.1, 0.15) is 271 Å². The highest BCUT2D eigenvalue weighted by molar-refractivity contribution is 7.17. The summed E-state index contributed by atoms with van der Waals surface area (Å²) in [7, 11) is -1.03. The minimum Gasteiger partial charge on any atom is -0.462 e. The molecule has 404 valence electrons. The van der Waals surface area contributed by atoms with Gasteiger partial charge in [-0.15, -0.1) is 4.52 Å². The second-order valence-corrected chi connectivity index (χ2v) is 20.1. The summed E-state index contributed by atoms with van der Waals surface area (Å²) in [6, 6.07) is -1.65. The maximum atomic E-state index is 13.7. The molecule has 0 bridgehead atoms. The maximum Gasteiger partial charge on any atom is 0.494 e. The monoisotopic (exact) mass is 999 g/mol. The number of amides is 2. The fourth-order valence-electron chi connectivity index (χ4n) is 8.66. The van der Waals surface area contributed by atoms with Gasteiger partial charge in [0.2, 0.25) is 11.8 Å². The van der Waals surface area contributed by atoms with Gasteiger partial charge in [-0.25, -0.2) is 4.79 Å². The summed E-state index contributed by atoms with van der Waals surface area (Å²) in [6.45, 7) is 7.95. The zero-order valence-electron chi connectivity index (χ0n) is 44.4. The molecule has 13 nitrogen and oxygen atoms in total. The van der Waals surface area contributed by atoms with Crippen molar-refractivity contribution in [1.29, 1.82) is 0 Å². The van der Waals surface area contributed by atoms with Crippen LogP contribution < -0.4 is 16.0 Å². The second kappa shape index (κ2) is 51.9. The Morgan fingerprint density at radius 1 is 0.551 bits per heavy atom. The van der Waals surface area contributed by atoms with Crippen molar-refractivity contribution in [3.63, 3.8) is 0 Å². The van der Waals surface area contributed by atoms with Gasteiger partial charge in [0.05, 0.1) is 25.0 Å². The molecule has 0 rings (SSSR count). The number of carbonyl (C=O) groups excluding carboxylic acids is 5.